The molecule has 1 amide bonds. The second-order valence-electron chi connectivity index (χ2n) is 10.0. The number of hydrogen-bond acceptors (Lipinski definition) is 6. The predicted octanol–water partition coefficient (Wildman–Crippen LogP) is 6.22. The third kappa shape index (κ3) is 4.71. The van der Waals surface area contributed by atoms with Crippen LogP contribution < -0.4 is 10.6 Å². The highest BCUT2D eigenvalue weighted by Gasteiger charge is 2.18. The zero-order valence-electron chi connectivity index (χ0n) is 21.2. The highest BCUT2D eigenvalue weighted by molar-refractivity contribution is 7.13. The zero-order valence-corrected chi connectivity index (χ0v) is 22.0. The molecule has 0 spiro atoms. The fraction of sp³-hybridized carbons (Fsp3) is 0.200. The van der Waals surface area contributed by atoms with Crippen LogP contribution in [0.15, 0.2) is 72.5 Å². The molecule has 6 aromatic rings. The van der Waals surface area contributed by atoms with E-state index in [0.717, 1.165) is 80.8 Å². The minimum Gasteiger partial charge on any atom is -0.353 e. The van der Waals surface area contributed by atoms with Crippen LogP contribution in [0.5, 0.6) is 0 Å². The number of thiophene rings is 1. The van der Waals surface area contributed by atoms with Gasteiger partial charge in [-0.25, -0.2) is 0 Å². The number of rotatable bonds is 6. The van der Waals surface area contributed by atoms with Gasteiger partial charge in [-0.2, -0.15) is 5.10 Å². The molecule has 0 saturated carbocycles. The van der Waals surface area contributed by atoms with Gasteiger partial charge >= 0.3 is 0 Å². The average Bonchev–Trinajstić information content (AvgIpc) is 3.73. The second-order valence-corrected chi connectivity index (χ2v) is 11.0. The van der Waals surface area contributed by atoms with Gasteiger partial charge in [-0.15, -0.1) is 11.3 Å². The van der Waals surface area contributed by atoms with Crippen molar-refractivity contribution in [3.8, 4) is 33.1 Å². The Balaban J connectivity index is 1.19. The quantitative estimate of drug-likeness (QED) is 0.203. The lowest BCUT2D eigenvalue weighted by Crippen LogP contribution is -2.30. The topological polar surface area (TPSA) is 111 Å². The molecule has 0 bridgehead atoms. The Morgan fingerprint density at radius 1 is 0.974 bits per heavy atom. The molecule has 8 nitrogen and oxygen atoms in total. The molecule has 0 unspecified atom stereocenters. The molecule has 1 aromatic carbocycles. The molecule has 7 rings (SSSR count). The summed E-state index contributed by atoms with van der Waals surface area (Å²) in [6.45, 7) is 1.97. The largest absolute Gasteiger partial charge is 0.353 e. The van der Waals surface area contributed by atoms with E-state index in [1.807, 2.05) is 42.7 Å². The number of benzene rings is 1. The lowest BCUT2D eigenvalue weighted by atomic mass is 9.94. The SMILES string of the molecule is O=C(CC1CCNCC1)Nc1cncc(-c2ccc3[nH]nc(-c4cc5c(-c6cccs6)nccc5[nH]4)c3c2)c1. The van der Waals surface area contributed by atoms with Crippen molar-refractivity contribution in [2.75, 3.05) is 18.4 Å². The number of carbonyl (C=O) groups excluding carboxylic acids is 1. The van der Waals surface area contributed by atoms with Gasteiger partial charge in [-0.3, -0.25) is 19.9 Å². The van der Waals surface area contributed by atoms with Gasteiger partial charge in [-0.05, 0) is 79.2 Å². The zero-order chi connectivity index (χ0) is 26.2. The lowest BCUT2D eigenvalue weighted by Gasteiger charge is -2.21. The number of piperidine rings is 1. The number of anilines is 1. The van der Waals surface area contributed by atoms with Crippen LogP contribution in [-0.2, 0) is 4.79 Å². The van der Waals surface area contributed by atoms with Gasteiger partial charge < -0.3 is 15.6 Å². The highest BCUT2D eigenvalue weighted by Crippen LogP contribution is 2.35. The molecule has 0 radical (unpaired) electrons. The summed E-state index contributed by atoms with van der Waals surface area (Å²) in [5.41, 5.74) is 7.36. The van der Waals surface area contributed by atoms with E-state index < -0.39 is 0 Å². The lowest BCUT2D eigenvalue weighted by molar-refractivity contribution is -0.117. The molecule has 4 N–H and O–H groups in total. The molecular formula is C30H27N7OS. The summed E-state index contributed by atoms with van der Waals surface area (Å²) < 4.78 is 0. The first-order valence-electron chi connectivity index (χ1n) is 13.2. The molecule has 6 heterocycles. The van der Waals surface area contributed by atoms with E-state index in [-0.39, 0.29) is 5.91 Å². The fourth-order valence-electron chi connectivity index (χ4n) is 5.42. The number of carbonyl (C=O) groups is 1. The molecule has 194 valence electrons. The van der Waals surface area contributed by atoms with Crippen molar-refractivity contribution >= 4 is 44.7 Å². The minimum atomic E-state index is 0.0450. The smallest absolute Gasteiger partial charge is 0.224 e. The molecule has 1 aliphatic heterocycles. The van der Waals surface area contributed by atoms with Crippen LogP contribution in [0.3, 0.4) is 0 Å². The summed E-state index contributed by atoms with van der Waals surface area (Å²) in [7, 11) is 0. The first kappa shape index (κ1) is 23.8. The predicted molar refractivity (Wildman–Crippen MR) is 157 cm³/mol. The van der Waals surface area contributed by atoms with Crippen molar-refractivity contribution in [3.63, 3.8) is 0 Å². The number of nitrogens with zero attached hydrogens (tertiary/aromatic N) is 3. The number of H-pyrrole nitrogens is 2. The minimum absolute atomic E-state index is 0.0450. The Kier molecular flexibility index (Phi) is 6.14. The number of hydrogen-bond donors (Lipinski definition) is 4. The first-order valence-corrected chi connectivity index (χ1v) is 14.1. The molecule has 1 saturated heterocycles. The van der Waals surface area contributed by atoms with Crippen molar-refractivity contribution in [2.45, 2.75) is 19.3 Å². The monoisotopic (exact) mass is 533 g/mol. The molecule has 9 heteroatoms. The normalized spacial score (nSPS) is 14.3. The van der Waals surface area contributed by atoms with Crippen LogP contribution in [0.2, 0.25) is 0 Å². The Labute approximate surface area is 228 Å². The summed E-state index contributed by atoms with van der Waals surface area (Å²) in [4.78, 5) is 26.4. The summed E-state index contributed by atoms with van der Waals surface area (Å²) in [5.74, 6) is 0.481. The summed E-state index contributed by atoms with van der Waals surface area (Å²) in [5, 5.41) is 18.4. The molecule has 0 atom stereocenters. The molecule has 1 fully saturated rings. The maximum Gasteiger partial charge on any atom is 0.224 e. The van der Waals surface area contributed by atoms with E-state index in [9.17, 15) is 4.79 Å². The van der Waals surface area contributed by atoms with E-state index in [1.165, 1.54) is 0 Å². The van der Waals surface area contributed by atoms with Crippen molar-refractivity contribution in [2.24, 2.45) is 5.92 Å². The summed E-state index contributed by atoms with van der Waals surface area (Å²) >= 11 is 1.68. The van der Waals surface area contributed by atoms with Gasteiger partial charge in [0.2, 0.25) is 5.91 Å². The van der Waals surface area contributed by atoms with Gasteiger partial charge in [0.05, 0.1) is 33.7 Å². The summed E-state index contributed by atoms with van der Waals surface area (Å²) in [6, 6.07) is 16.4. The molecule has 1 aliphatic rings. The van der Waals surface area contributed by atoms with Crippen LogP contribution in [-0.4, -0.2) is 44.1 Å². The first-order chi connectivity index (χ1) is 19.2. The standard InChI is InChI=1S/C30H27N7OS/c38-28(12-18-5-8-31-9-6-18)34-21-13-20(16-32-17-21)19-3-4-25-22(14-19)29(37-36-25)26-15-23-24(35-26)7-10-33-30(23)27-2-1-11-39-27/h1-4,7,10-11,13-18,31,35H,5-6,8-9,12H2,(H,34,38)(H,36,37). The third-order valence-electron chi connectivity index (χ3n) is 7.41. The molecule has 5 aromatic heterocycles. The average molecular weight is 534 g/mol. The van der Waals surface area contributed by atoms with Crippen LogP contribution in [0.4, 0.5) is 5.69 Å². The third-order valence-corrected chi connectivity index (χ3v) is 8.29. The highest BCUT2D eigenvalue weighted by atomic mass is 32.1. The number of aromatic nitrogens is 5. The number of pyridine rings is 2. The van der Waals surface area contributed by atoms with E-state index >= 15 is 0 Å². The van der Waals surface area contributed by atoms with Crippen LogP contribution >= 0.6 is 11.3 Å². The number of fused-ring (bicyclic) bond motifs is 2. The number of nitrogens with one attached hydrogen (secondary N) is 4. The van der Waals surface area contributed by atoms with E-state index in [2.05, 4.69) is 59.4 Å². The van der Waals surface area contributed by atoms with Crippen molar-refractivity contribution < 1.29 is 4.79 Å². The van der Waals surface area contributed by atoms with Crippen molar-refractivity contribution in [3.05, 3.63) is 72.5 Å². The Morgan fingerprint density at radius 2 is 1.87 bits per heavy atom. The van der Waals surface area contributed by atoms with Crippen molar-refractivity contribution in [1.82, 2.24) is 30.5 Å². The maximum absolute atomic E-state index is 12.7. The van der Waals surface area contributed by atoms with Gasteiger partial charge in [0.15, 0.2) is 0 Å². The van der Waals surface area contributed by atoms with Gasteiger partial charge in [0.25, 0.3) is 0 Å². The number of amides is 1. The Morgan fingerprint density at radius 3 is 2.74 bits per heavy atom. The van der Waals surface area contributed by atoms with Crippen LogP contribution in [0.25, 0.3) is 54.9 Å². The maximum atomic E-state index is 12.7. The molecule has 39 heavy (non-hydrogen) atoms. The molecular weight excluding hydrogens is 506 g/mol. The fourth-order valence-corrected chi connectivity index (χ4v) is 6.15. The molecule has 0 aliphatic carbocycles. The Hall–Kier alpha value is -4.34. The van der Waals surface area contributed by atoms with Crippen molar-refractivity contribution in [1.29, 1.82) is 0 Å². The van der Waals surface area contributed by atoms with E-state index in [0.29, 0.717) is 18.0 Å². The van der Waals surface area contributed by atoms with E-state index in [4.69, 9.17) is 0 Å². The number of aromatic amines is 2. The van der Waals surface area contributed by atoms with Gasteiger partial charge in [0.1, 0.15) is 5.69 Å². The van der Waals surface area contributed by atoms with Gasteiger partial charge in [-0.1, -0.05) is 12.1 Å². The Bertz CT molecular complexity index is 1780. The second kappa shape index (κ2) is 10.1. The van der Waals surface area contributed by atoms with E-state index in [1.54, 1.807) is 17.5 Å². The van der Waals surface area contributed by atoms with Crippen LogP contribution in [0, 0.1) is 5.92 Å². The van der Waals surface area contributed by atoms with Gasteiger partial charge in [0, 0.05) is 40.7 Å². The van der Waals surface area contributed by atoms with Crippen LogP contribution in [0.1, 0.15) is 19.3 Å². The summed E-state index contributed by atoms with van der Waals surface area (Å²) in [6.07, 6.45) is 8.00.